The number of carbonyl (C=O) groups excluding carboxylic acids is 2. The average Bonchev–Trinajstić information content (AvgIpc) is 3.22. The van der Waals surface area contributed by atoms with Gasteiger partial charge in [-0.25, -0.2) is 13.1 Å². The van der Waals surface area contributed by atoms with Gasteiger partial charge >= 0.3 is 0 Å². The molecule has 0 spiro atoms. The zero-order valence-corrected chi connectivity index (χ0v) is 21.7. The third-order valence-corrected chi connectivity index (χ3v) is 9.04. The molecular weight excluding hydrogens is 490 g/mol. The van der Waals surface area contributed by atoms with Crippen LogP contribution in [0.25, 0.3) is 0 Å². The Kier molecular flexibility index (Phi) is 9.07. The fourth-order valence-electron chi connectivity index (χ4n) is 5.39. The number of rotatable bonds is 9. The van der Waals surface area contributed by atoms with E-state index in [2.05, 4.69) is 4.72 Å². The Morgan fingerprint density at radius 2 is 1.74 bits per heavy atom. The van der Waals surface area contributed by atoms with Gasteiger partial charge in [-0.2, -0.15) is 0 Å². The number of halogens is 1. The second-order valence-corrected chi connectivity index (χ2v) is 12.2. The first-order valence-electron chi connectivity index (χ1n) is 12.7. The molecule has 0 bridgehead atoms. The van der Waals surface area contributed by atoms with Crippen LogP contribution in [0, 0.1) is 5.92 Å². The zero-order valence-electron chi connectivity index (χ0n) is 20.2. The average molecular weight is 526 g/mol. The maximum atomic E-state index is 13.5. The van der Waals surface area contributed by atoms with Crippen LogP contribution in [0.15, 0.2) is 24.3 Å². The van der Waals surface area contributed by atoms with Crippen molar-refractivity contribution in [3.05, 3.63) is 34.9 Å². The molecule has 0 radical (unpaired) electrons. The molecule has 2 atom stereocenters. The van der Waals surface area contributed by atoms with Gasteiger partial charge in [0, 0.05) is 24.7 Å². The molecule has 194 valence electrons. The summed E-state index contributed by atoms with van der Waals surface area (Å²) in [6, 6.07) is 5.70. The number of nitrogens with one attached hydrogen (secondary N) is 1. The Labute approximate surface area is 213 Å². The second-order valence-electron chi connectivity index (χ2n) is 9.88. The molecule has 2 amide bonds. The van der Waals surface area contributed by atoms with E-state index in [1.165, 1.54) is 6.42 Å². The lowest BCUT2D eigenvalue weighted by Crippen LogP contribution is -2.54. The Hall–Kier alpha value is -1.68. The molecule has 1 saturated carbocycles. The molecule has 35 heavy (non-hydrogen) atoms. The first-order valence-corrected chi connectivity index (χ1v) is 14.8. The van der Waals surface area contributed by atoms with E-state index in [4.69, 9.17) is 16.3 Å². The monoisotopic (exact) mass is 525 g/mol. The lowest BCUT2D eigenvalue weighted by molar-refractivity contribution is -0.147. The number of benzene rings is 1. The van der Waals surface area contributed by atoms with E-state index in [-0.39, 0.29) is 17.6 Å². The molecule has 2 aliphatic heterocycles. The molecule has 2 heterocycles. The largest absolute Gasteiger partial charge is 0.378 e. The first-order chi connectivity index (χ1) is 16.8. The summed E-state index contributed by atoms with van der Waals surface area (Å²) in [6.07, 6.45) is 7.05. The minimum atomic E-state index is -3.67. The third kappa shape index (κ3) is 7.18. The molecule has 1 aromatic carbocycles. The summed E-state index contributed by atoms with van der Waals surface area (Å²) in [5, 5.41) is 0.598. The number of hydrogen-bond donors (Lipinski definition) is 1. The van der Waals surface area contributed by atoms with Gasteiger partial charge in [-0.05, 0) is 42.9 Å². The second kappa shape index (κ2) is 12.0. The van der Waals surface area contributed by atoms with Crippen LogP contribution in [0.2, 0.25) is 5.02 Å². The van der Waals surface area contributed by atoms with E-state index in [9.17, 15) is 18.0 Å². The molecule has 1 N–H and O–H groups in total. The number of morpholine rings is 1. The number of amides is 2. The summed E-state index contributed by atoms with van der Waals surface area (Å²) in [5.41, 5.74) is 0.864. The van der Waals surface area contributed by atoms with Gasteiger partial charge in [0.05, 0.1) is 19.0 Å². The molecule has 4 rings (SSSR count). The molecule has 8 nitrogen and oxygen atoms in total. The van der Waals surface area contributed by atoms with Gasteiger partial charge in [0.1, 0.15) is 12.1 Å². The van der Waals surface area contributed by atoms with Crippen LogP contribution in [0.4, 0.5) is 0 Å². The Balaban J connectivity index is 1.40. The summed E-state index contributed by atoms with van der Waals surface area (Å²) in [4.78, 5) is 30.3. The number of sulfonamides is 1. The highest BCUT2D eigenvalue weighted by Gasteiger charge is 2.42. The summed E-state index contributed by atoms with van der Waals surface area (Å²) >= 11 is 5.90. The SMILES string of the molecule is O=C([C@H](CC1CCCCC1)N1CC[C@H](NS(=O)(=O)CCc2ccc(Cl)cc2)C1=O)N1CCOCC1. The number of ether oxygens (including phenoxy) is 1. The fraction of sp³-hybridized carbons (Fsp3) is 0.680. The van der Waals surface area contributed by atoms with Crippen molar-refractivity contribution in [3.63, 3.8) is 0 Å². The molecule has 3 fully saturated rings. The number of carbonyl (C=O) groups is 2. The molecule has 2 saturated heterocycles. The van der Waals surface area contributed by atoms with Crippen molar-refractivity contribution in [2.24, 2.45) is 5.92 Å². The summed E-state index contributed by atoms with van der Waals surface area (Å²) < 4.78 is 33.5. The topological polar surface area (TPSA) is 96.0 Å². The molecule has 10 heteroatoms. The molecule has 1 aliphatic carbocycles. The van der Waals surface area contributed by atoms with E-state index < -0.39 is 22.1 Å². The highest BCUT2D eigenvalue weighted by atomic mass is 35.5. The molecular formula is C25H36ClN3O5S. The van der Waals surface area contributed by atoms with Crippen LogP contribution in [-0.2, 0) is 30.8 Å². The van der Waals surface area contributed by atoms with Gasteiger partial charge in [0.2, 0.25) is 21.8 Å². The van der Waals surface area contributed by atoms with Gasteiger partial charge in [-0.3, -0.25) is 9.59 Å². The number of hydrogen-bond acceptors (Lipinski definition) is 5. The quantitative estimate of drug-likeness (QED) is 0.534. The van der Waals surface area contributed by atoms with Crippen molar-refractivity contribution < 1.29 is 22.7 Å². The summed E-state index contributed by atoms with van der Waals surface area (Å²) in [5.74, 6) is -0.0148. The number of likely N-dealkylation sites (tertiary alicyclic amines) is 1. The van der Waals surface area contributed by atoms with Gasteiger partial charge < -0.3 is 14.5 Å². The van der Waals surface area contributed by atoms with Gasteiger partial charge in [0.25, 0.3) is 0 Å². The molecule has 1 aromatic rings. The number of aryl methyl sites for hydroxylation is 1. The maximum absolute atomic E-state index is 13.5. The van der Waals surface area contributed by atoms with Crippen LogP contribution in [0.5, 0.6) is 0 Å². The van der Waals surface area contributed by atoms with Gasteiger partial charge in [0.15, 0.2) is 0 Å². The lowest BCUT2D eigenvalue weighted by atomic mass is 9.84. The van der Waals surface area contributed by atoms with Crippen LogP contribution in [-0.4, -0.2) is 80.7 Å². The van der Waals surface area contributed by atoms with E-state index in [0.29, 0.717) is 63.1 Å². The Morgan fingerprint density at radius 1 is 1.06 bits per heavy atom. The lowest BCUT2D eigenvalue weighted by Gasteiger charge is -2.36. The van der Waals surface area contributed by atoms with Crippen molar-refractivity contribution in [2.45, 2.75) is 63.5 Å². The third-order valence-electron chi connectivity index (χ3n) is 7.40. The first kappa shape index (κ1) is 26.4. The van der Waals surface area contributed by atoms with Gasteiger partial charge in [-0.1, -0.05) is 55.8 Å². The predicted molar refractivity (Wildman–Crippen MR) is 135 cm³/mol. The Bertz CT molecular complexity index is 975. The minimum Gasteiger partial charge on any atom is -0.378 e. The van der Waals surface area contributed by atoms with E-state index in [1.807, 2.05) is 0 Å². The molecule has 3 aliphatic rings. The van der Waals surface area contributed by atoms with E-state index in [0.717, 1.165) is 31.2 Å². The summed E-state index contributed by atoms with van der Waals surface area (Å²) in [6.45, 7) is 2.46. The number of nitrogens with zero attached hydrogens (tertiary/aromatic N) is 2. The highest BCUT2D eigenvalue weighted by molar-refractivity contribution is 7.89. The normalized spacial score (nSPS) is 23.0. The van der Waals surface area contributed by atoms with Crippen molar-refractivity contribution in [3.8, 4) is 0 Å². The highest BCUT2D eigenvalue weighted by Crippen LogP contribution is 2.31. The molecule has 0 aromatic heterocycles. The minimum absolute atomic E-state index is 0.0292. The van der Waals surface area contributed by atoms with Crippen molar-refractivity contribution in [1.82, 2.24) is 14.5 Å². The van der Waals surface area contributed by atoms with Crippen LogP contribution >= 0.6 is 11.6 Å². The van der Waals surface area contributed by atoms with Crippen LogP contribution in [0.1, 0.15) is 50.5 Å². The maximum Gasteiger partial charge on any atom is 0.245 e. The summed E-state index contributed by atoms with van der Waals surface area (Å²) in [7, 11) is -3.67. The fourth-order valence-corrected chi connectivity index (χ4v) is 6.79. The van der Waals surface area contributed by atoms with Crippen molar-refractivity contribution in [2.75, 3.05) is 38.6 Å². The van der Waals surface area contributed by atoms with E-state index in [1.54, 1.807) is 34.1 Å². The van der Waals surface area contributed by atoms with Crippen LogP contribution in [0.3, 0.4) is 0 Å². The predicted octanol–water partition coefficient (Wildman–Crippen LogP) is 2.60. The zero-order chi connectivity index (χ0) is 24.8. The molecule has 0 unspecified atom stereocenters. The van der Waals surface area contributed by atoms with Crippen molar-refractivity contribution >= 4 is 33.4 Å². The van der Waals surface area contributed by atoms with Gasteiger partial charge in [-0.15, -0.1) is 0 Å². The van der Waals surface area contributed by atoms with Crippen LogP contribution < -0.4 is 4.72 Å². The Morgan fingerprint density at radius 3 is 2.43 bits per heavy atom. The standard InChI is InChI=1S/C25H36ClN3O5S/c26-21-8-6-19(7-9-21)11-17-35(32,33)27-22-10-12-29(24(22)30)23(18-20-4-2-1-3-5-20)25(31)28-13-15-34-16-14-28/h6-9,20,22-23,27H,1-5,10-18H2/t22-,23-/m0/s1. The van der Waals surface area contributed by atoms with Crippen molar-refractivity contribution in [1.29, 1.82) is 0 Å². The van der Waals surface area contributed by atoms with E-state index >= 15 is 0 Å². The smallest absolute Gasteiger partial charge is 0.245 e.